The third kappa shape index (κ3) is 3.18. The van der Waals surface area contributed by atoms with Gasteiger partial charge in [-0.1, -0.05) is 43.7 Å². The summed E-state index contributed by atoms with van der Waals surface area (Å²) in [5, 5.41) is 2.81. The van der Waals surface area contributed by atoms with E-state index < -0.39 is 0 Å². The van der Waals surface area contributed by atoms with Gasteiger partial charge in [0.1, 0.15) is 12.1 Å². The Kier molecular flexibility index (Phi) is 4.77. The van der Waals surface area contributed by atoms with Crippen LogP contribution in [0, 0.1) is 0 Å². The molecule has 1 N–H and O–H groups in total. The summed E-state index contributed by atoms with van der Waals surface area (Å²) in [5.74, 6) is 0.00555. The van der Waals surface area contributed by atoms with Crippen molar-refractivity contribution in [1.82, 2.24) is 10.2 Å². The van der Waals surface area contributed by atoms with Crippen LogP contribution in [-0.4, -0.2) is 35.3 Å². The highest BCUT2D eigenvalue weighted by Gasteiger charge is 2.36. The molecule has 2 unspecified atom stereocenters. The molecule has 4 nitrogen and oxygen atoms in total. The zero-order valence-electron chi connectivity index (χ0n) is 12.1. The number of rotatable bonds is 5. The Morgan fingerprint density at radius 3 is 2.55 bits per heavy atom. The summed E-state index contributed by atoms with van der Waals surface area (Å²) in [5.41, 5.74) is 1.19. The molecule has 1 heterocycles. The molecular formula is C16H22N2O2. The summed E-state index contributed by atoms with van der Waals surface area (Å²) in [6.45, 7) is 4.41. The Balaban J connectivity index is 2.03. The van der Waals surface area contributed by atoms with Crippen LogP contribution in [-0.2, 0) is 16.0 Å². The van der Waals surface area contributed by atoms with Crippen molar-refractivity contribution in [3.63, 3.8) is 0 Å². The average molecular weight is 274 g/mol. The number of carbonyl (C=O) groups excluding carboxylic acids is 2. The molecule has 1 aromatic carbocycles. The summed E-state index contributed by atoms with van der Waals surface area (Å²) in [6.07, 6.45) is 2.37. The van der Waals surface area contributed by atoms with Crippen molar-refractivity contribution in [1.29, 1.82) is 0 Å². The monoisotopic (exact) mass is 274 g/mol. The number of nitrogens with zero attached hydrogens (tertiary/aromatic N) is 1. The van der Waals surface area contributed by atoms with Crippen LogP contribution in [0.25, 0.3) is 0 Å². The summed E-state index contributed by atoms with van der Waals surface area (Å²) >= 11 is 0. The Morgan fingerprint density at radius 1 is 1.20 bits per heavy atom. The van der Waals surface area contributed by atoms with Crippen LogP contribution >= 0.6 is 0 Å². The smallest absolute Gasteiger partial charge is 0.245 e. The molecule has 1 aliphatic heterocycles. The molecule has 0 aromatic heterocycles. The molecule has 20 heavy (non-hydrogen) atoms. The van der Waals surface area contributed by atoms with E-state index in [1.165, 1.54) is 5.56 Å². The lowest BCUT2D eigenvalue weighted by Crippen LogP contribution is -2.62. The summed E-state index contributed by atoms with van der Waals surface area (Å²) in [7, 11) is 0. The number of hydrogen-bond acceptors (Lipinski definition) is 2. The fourth-order valence-corrected chi connectivity index (χ4v) is 2.57. The van der Waals surface area contributed by atoms with Gasteiger partial charge in [0.15, 0.2) is 0 Å². The Labute approximate surface area is 120 Å². The van der Waals surface area contributed by atoms with Gasteiger partial charge in [0.05, 0.1) is 0 Å². The van der Waals surface area contributed by atoms with Crippen LogP contribution < -0.4 is 5.32 Å². The number of amides is 2. The lowest BCUT2D eigenvalue weighted by Gasteiger charge is -2.37. The zero-order valence-corrected chi connectivity index (χ0v) is 12.1. The molecule has 0 spiro atoms. The third-order valence-electron chi connectivity index (χ3n) is 3.81. The second-order valence-electron chi connectivity index (χ2n) is 5.29. The molecule has 1 fully saturated rings. The van der Waals surface area contributed by atoms with E-state index in [1.54, 1.807) is 11.8 Å². The minimum atomic E-state index is -0.376. The van der Waals surface area contributed by atoms with Crippen molar-refractivity contribution < 1.29 is 9.59 Å². The maximum Gasteiger partial charge on any atom is 0.245 e. The van der Waals surface area contributed by atoms with Gasteiger partial charge in [0.25, 0.3) is 0 Å². The molecule has 1 aliphatic rings. The summed E-state index contributed by atoms with van der Waals surface area (Å²) in [6, 6.07) is 9.32. The molecular weight excluding hydrogens is 252 g/mol. The van der Waals surface area contributed by atoms with Crippen LogP contribution in [0.4, 0.5) is 0 Å². The molecule has 1 saturated heterocycles. The Hall–Kier alpha value is -1.84. The van der Waals surface area contributed by atoms with Crippen LogP contribution in [0.5, 0.6) is 0 Å². The van der Waals surface area contributed by atoms with Crippen molar-refractivity contribution in [2.75, 3.05) is 6.54 Å². The topological polar surface area (TPSA) is 49.4 Å². The van der Waals surface area contributed by atoms with Gasteiger partial charge in [-0.2, -0.15) is 0 Å². The molecule has 0 radical (unpaired) electrons. The highest BCUT2D eigenvalue weighted by atomic mass is 16.2. The highest BCUT2D eigenvalue weighted by molar-refractivity contribution is 5.96. The average Bonchev–Trinajstić information content (AvgIpc) is 2.46. The first-order valence-corrected chi connectivity index (χ1v) is 7.28. The largest absolute Gasteiger partial charge is 0.343 e. The van der Waals surface area contributed by atoms with Crippen molar-refractivity contribution in [3.05, 3.63) is 35.9 Å². The van der Waals surface area contributed by atoms with Crippen LogP contribution in [0.15, 0.2) is 30.3 Å². The molecule has 2 amide bonds. The van der Waals surface area contributed by atoms with Crippen molar-refractivity contribution >= 4 is 11.8 Å². The van der Waals surface area contributed by atoms with Gasteiger partial charge in [0, 0.05) is 6.54 Å². The standard InChI is InChI=1S/C16H22N2O2/c1-3-7-14-16(20)18(12(2)15(19)17-14)11-10-13-8-5-4-6-9-13/h4-6,8-9,12,14H,3,7,10-11H2,1-2H3,(H,17,19). The minimum Gasteiger partial charge on any atom is -0.343 e. The van der Waals surface area contributed by atoms with Gasteiger partial charge in [-0.05, 0) is 25.3 Å². The minimum absolute atomic E-state index is 0.0453. The van der Waals surface area contributed by atoms with Gasteiger partial charge in [-0.25, -0.2) is 0 Å². The molecule has 1 aromatic rings. The summed E-state index contributed by atoms with van der Waals surface area (Å²) < 4.78 is 0. The SMILES string of the molecule is CCCC1NC(=O)C(C)N(CCc2ccccc2)C1=O. The fraction of sp³-hybridized carbons (Fsp3) is 0.500. The van der Waals surface area contributed by atoms with E-state index in [9.17, 15) is 9.59 Å². The lowest BCUT2D eigenvalue weighted by atomic mass is 10.0. The van der Waals surface area contributed by atoms with E-state index >= 15 is 0 Å². The van der Waals surface area contributed by atoms with Gasteiger partial charge in [-0.15, -0.1) is 0 Å². The number of nitrogens with one attached hydrogen (secondary N) is 1. The van der Waals surface area contributed by atoms with E-state index in [2.05, 4.69) is 5.32 Å². The zero-order chi connectivity index (χ0) is 14.5. The first-order chi connectivity index (χ1) is 9.63. The quantitative estimate of drug-likeness (QED) is 0.889. The first-order valence-electron chi connectivity index (χ1n) is 7.28. The van der Waals surface area contributed by atoms with E-state index in [1.807, 2.05) is 37.3 Å². The van der Waals surface area contributed by atoms with Crippen molar-refractivity contribution in [3.8, 4) is 0 Å². The van der Waals surface area contributed by atoms with Crippen LogP contribution in [0.1, 0.15) is 32.3 Å². The molecule has 0 aliphatic carbocycles. The second kappa shape index (κ2) is 6.55. The van der Waals surface area contributed by atoms with Crippen molar-refractivity contribution in [2.24, 2.45) is 0 Å². The van der Waals surface area contributed by atoms with Crippen LogP contribution in [0.2, 0.25) is 0 Å². The number of piperazine rings is 1. The van der Waals surface area contributed by atoms with Gasteiger partial charge < -0.3 is 10.2 Å². The lowest BCUT2D eigenvalue weighted by molar-refractivity contribution is -0.148. The normalized spacial score (nSPS) is 22.8. The molecule has 2 atom stereocenters. The molecule has 108 valence electrons. The van der Waals surface area contributed by atoms with Gasteiger partial charge in [0.2, 0.25) is 11.8 Å². The molecule has 0 saturated carbocycles. The number of carbonyl (C=O) groups is 2. The molecule has 0 bridgehead atoms. The molecule has 2 rings (SSSR count). The van der Waals surface area contributed by atoms with Gasteiger partial charge in [-0.3, -0.25) is 9.59 Å². The van der Waals surface area contributed by atoms with E-state index in [0.29, 0.717) is 13.0 Å². The predicted octanol–water partition coefficient (Wildman–Crippen LogP) is 1.74. The number of benzene rings is 1. The van der Waals surface area contributed by atoms with E-state index in [0.717, 1.165) is 12.8 Å². The summed E-state index contributed by atoms with van der Waals surface area (Å²) in [4.78, 5) is 26.1. The highest BCUT2D eigenvalue weighted by Crippen LogP contribution is 2.14. The third-order valence-corrected chi connectivity index (χ3v) is 3.81. The van der Waals surface area contributed by atoms with E-state index in [4.69, 9.17) is 0 Å². The van der Waals surface area contributed by atoms with E-state index in [-0.39, 0.29) is 23.9 Å². The Morgan fingerprint density at radius 2 is 1.90 bits per heavy atom. The first kappa shape index (κ1) is 14.6. The molecule has 4 heteroatoms. The van der Waals surface area contributed by atoms with Gasteiger partial charge >= 0.3 is 0 Å². The fourth-order valence-electron chi connectivity index (χ4n) is 2.57. The van der Waals surface area contributed by atoms with Crippen molar-refractivity contribution in [2.45, 2.75) is 45.2 Å². The Bertz CT molecular complexity index is 473. The predicted molar refractivity (Wildman–Crippen MR) is 78.2 cm³/mol. The number of hydrogen-bond donors (Lipinski definition) is 1. The maximum absolute atomic E-state index is 12.4. The second-order valence-corrected chi connectivity index (χ2v) is 5.29. The van der Waals surface area contributed by atoms with Crippen LogP contribution in [0.3, 0.4) is 0 Å². The maximum atomic E-state index is 12.4.